The van der Waals surface area contributed by atoms with E-state index in [1.165, 1.54) is 16.4 Å². The zero-order valence-corrected chi connectivity index (χ0v) is 12.5. The molecule has 0 radical (unpaired) electrons. The molecule has 0 aliphatic carbocycles. The van der Waals surface area contributed by atoms with Crippen LogP contribution in [0.2, 0.25) is 0 Å². The van der Waals surface area contributed by atoms with Crippen molar-refractivity contribution in [1.82, 2.24) is 4.31 Å². The lowest BCUT2D eigenvalue weighted by Gasteiger charge is -2.20. The van der Waals surface area contributed by atoms with Crippen LogP contribution in [0.15, 0.2) is 27.6 Å². The van der Waals surface area contributed by atoms with Gasteiger partial charge >= 0.3 is 0 Å². The van der Waals surface area contributed by atoms with Crippen molar-refractivity contribution in [2.45, 2.75) is 18.2 Å². The Morgan fingerprint density at radius 3 is 2.61 bits per heavy atom. The van der Waals surface area contributed by atoms with Crippen LogP contribution in [0.1, 0.15) is 13.3 Å². The molecule has 0 unspecified atom stereocenters. The van der Waals surface area contributed by atoms with Crippen molar-refractivity contribution >= 4 is 31.6 Å². The molecule has 0 aliphatic rings. The normalized spacial score (nSPS) is 12.0. The molecule has 1 rings (SSSR count). The first-order valence-electron chi connectivity index (χ1n) is 5.59. The summed E-state index contributed by atoms with van der Waals surface area (Å²) in [5.74, 6) is 0. The van der Waals surface area contributed by atoms with Crippen LogP contribution in [0.25, 0.3) is 0 Å². The highest BCUT2D eigenvalue weighted by Gasteiger charge is 2.22. The molecule has 7 heteroatoms. The van der Waals surface area contributed by atoms with E-state index in [2.05, 4.69) is 15.9 Å². The molecule has 3 N–H and O–H groups in total. The van der Waals surface area contributed by atoms with Crippen molar-refractivity contribution in [1.29, 1.82) is 0 Å². The minimum atomic E-state index is -3.53. The lowest BCUT2D eigenvalue weighted by atomic mass is 10.3. The minimum absolute atomic E-state index is 0.0303. The Labute approximate surface area is 116 Å². The van der Waals surface area contributed by atoms with Gasteiger partial charge in [0.15, 0.2) is 0 Å². The molecule has 1 aromatic rings. The van der Waals surface area contributed by atoms with Gasteiger partial charge in [-0.05, 0) is 40.5 Å². The Balaban J connectivity index is 3.06. The van der Waals surface area contributed by atoms with Crippen molar-refractivity contribution in [2.24, 2.45) is 0 Å². The minimum Gasteiger partial charge on any atom is -0.398 e. The molecule has 0 amide bonds. The van der Waals surface area contributed by atoms with E-state index < -0.39 is 10.0 Å². The third kappa shape index (κ3) is 3.44. The van der Waals surface area contributed by atoms with E-state index in [0.29, 0.717) is 29.7 Å². The smallest absolute Gasteiger partial charge is 0.243 e. The number of nitrogens with zero attached hydrogens (tertiary/aromatic N) is 1. The average Bonchev–Trinajstić information content (AvgIpc) is 2.33. The van der Waals surface area contributed by atoms with E-state index >= 15 is 0 Å². The Morgan fingerprint density at radius 1 is 1.44 bits per heavy atom. The van der Waals surface area contributed by atoms with Crippen LogP contribution in [-0.4, -0.2) is 37.5 Å². The first-order chi connectivity index (χ1) is 8.43. The highest BCUT2D eigenvalue weighted by molar-refractivity contribution is 9.10. The Morgan fingerprint density at radius 2 is 2.11 bits per heavy atom. The summed E-state index contributed by atoms with van der Waals surface area (Å²) in [5.41, 5.74) is 6.13. The van der Waals surface area contributed by atoms with Gasteiger partial charge in [0.25, 0.3) is 0 Å². The molecule has 0 atom stereocenters. The fourth-order valence-electron chi connectivity index (χ4n) is 1.51. The predicted molar refractivity (Wildman–Crippen MR) is 74.7 cm³/mol. The third-order valence-corrected chi connectivity index (χ3v) is 5.19. The number of benzene rings is 1. The molecule has 0 saturated carbocycles. The highest BCUT2D eigenvalue weighted by Crippen LogP contribution is 2.25. The van der Waals surface area contributed by atoms with E-state index in [1.807, 2.05) is 0 Å². The molecule has 0 heterocycles. The van der Waals surface area contributed by atoms with Gasteiger partial charge in [0.05, 0.1) is 4.90 Å². The first kappa shape index (κ1) is 15.4. The number of sulfonamides is 1. The second kappa shape index (κ2) is 6.51. The molecule has 0 saturated heterocycles. The molecule has 0 aliphatic heterocycles. The van der Waals surface area contributed by atoms with E-state index in [-0.39, 0.29) is 11.5 Å². The quantitative estimate of drug-likeness (QED) is 0.769. The van der Waals surface area contributed by atoms with Gasteiger partial charge in [0, 0.05) is 29.9 Å². The summed E-state index contributed by atoms with van der Waals surface area (Å²) in [6.45, 7) is 2.40. The van der Waals surface area contributed by atoms with Crippen LogP contribution in [0, 0.1) is 0 Å². The van der Waals surface area contributed by atoms with Gasteiger partial charge in [-0.3, -0.25) is 0 Å². The van der Waals surface area contributed by atoms with Crippen molar-refractivity contribution in [3.8, 4) is 0 Å². The van der Waals surface area contributed by atoms with Gasteiger partial charge in [-0.15, -0.1) is 0 Å². The van der Waals surface area contributed by atoms with Crippen molar-refractivity contribution in [3.05, 3.63) is 22.7 Å². The molecule has 0 aromatic heterocycles. The molecule has 1 aromatic carbocycles. The number of aliphatic hydroxyl groups excluding tert-OH is 1. The number of nitrogens with two attached hydrogens (primary N) is 1. The maximum Gasteiger partial charge on any atom is 0.243 e. The first-order valence-corrected chi connectivity index (χ1v) is 7.82. The second-order valence-electron chi connectivity index (χ2n) is 3.76. The standard InChI is InChI=1S/C11H17BrN2O3S/c1-2-14(6-3-7-15)18(16,17)9-4-5-11(13)10(12)8-9/h4-5,8,15H,2-3,6-7,13H2,1H3. The summed E-state index contributed by atoms with van der Waals surface area (Å²) >= 11 is 3.21. The number of anilines is 1. The predicted octanol–water partition coefficient (Wildman–Crippen LogP) is 1.42. The lowest BCUT2D eigenvalue weighted by Crippen LogP contribution is -2.32. The van der Waals surface area contributed by atoms with E-state index in [0.717, 1.165) is 0 Å². The lowest BCUT2D eigenvalue weighted by molar-refractivity contribution is 0.271. The highest BCUT2D eigenvalue weighted by atomic mass is 79.9. The van der Waals surface area contributed by atoms with E-state index in [4.69, 9.17) is 10.8 Å². The van der Waals surface area contributed by atoms with Crippen LogP contribution >= 0.6 is 15.9 Å². The summed E-state index contributed by atoms with van der Waals surface area (Å²) in [5, 5.41) is 8.78. The summed E-state index contributed by atoms with van der Waals surface area (Å²) in [4.78, 5) is 0.198. The fraction of sp³-hybridized carbons (Fsp3) is 0.455. The maximum atomic E-state index is 12.3. The SMILES string of the molecule is CCN(CCCO)S(=O)(=O)c1ccc(N)c(Br)c1. The number of aliphatic hydroxyl groups is 1. The molecule has 0 fully saturated rings. The van der Waals surface area contributed by atoms with Gasteiger partial charge in [-0.2, -0.15) is 4.31 Å². The third-order valence-electron chi connectivity index (χ3n) is 2.53. The summed E-state index contributed by atoms with van der Waals surface area (Å²) < 4.78 is 26.5. The number of hydrogen-bond acceptors (Lipinski definition) is 4. The van der Waals surface area contributed by atoms with Crippen LogP contribution < -0.4 is 5.73 Å². The van der Waals surface area contributed by atoms with Gasteiger partial charge in [-0.25, -0.2) is 8.42 Å². The monoisotopic (exact) mass is 336 g/mol. The zero-order chi connectivity index (χ0) is 13.8. The summed E-state index contributed by atoms with van der Waals surface area (Å²) in [6, 6.07) is 4.53. The Hall–Kier alpha value is -0.630. The van der Waals surface area contributed by atoms with Gasteiger partial charge in [0.2, 0.25) is 10.0 Å². The molecule has 18 heavy (non-hydrogen) atoms. The van der Waals surface area contributed by atoms with E-state index in [9.17, 15) is 8.42 Å². The van der Waals surface area contributed by atoms with Crippen LogP contribution in [0.4, 0.5) is 5.69 Å². The molecular weight excluding hydrogens is 320 g/mol. The summed E-state index contributed by atoms with van der Waals surface area (Å²) in [7, 11) is -3.53. The van der Waals surface area contributed by atoms with Gasteiger partial charge in [-0.1, -0.05) is 6.92 Å². The summed E-state index contributed by atoms with van der Waals surface area (Å²) in [6.07, 6.45) is 0.420. The van der Waals surface area contributed by atoms with Crippen molar-refractivity contribution in [2.75, 3.05) is 25.4 Å². The van der Waals surface area contributed by atoms with Gasteiger partial charge < -0.3 is 10.8 Å². The molecule has 102 valence electrons. The fourth-order valence-corrected chi connectivity index (χ4v) is 3.56. The largest absolute Gasteiger partial charge is 0.398 e. The number of halogens is 1. The number of hydrogen-bond donors (Lipinski definition) is 2. The second-order valence-corrected chi connectivity index (χ2v) is 6.55. The Kier molecular flexibility index (Phi) is 5.58. The maximum absolute atomic E-state index is 12.3. The average molecular weight is 337 g/mol. The topological polar surface area (TPSA) is 83.6 Å². The van der Waals surface area contributed by atoms with Crippen LogP contribution in [-0.2, 0) is 10.0 Å². The van der Waals surface area contributed by atoms with Gasteiger partial charge in [0.1, 0.15) is 0 Å². The van der Waals surface area contributed by atoms with Crippen LogP contribution in [0.3, 0.4) is 0 Å². The van der Waals surface area contributed by atoms with E-state index in [1.54, 1.807) is 13.0 Å². The molecule has 5 nitrogen and oxygen atoms in total. The van der Waals surface area contributed by atoms with Crippen molar-refractivity contribution < 1.29 is 13.5 Å². The van der Waals surface area contributed by atoms with Crippen LogP contribution in [0.5, 0.6) is 0 Å². The molecule has 0 bridgehead atoms. The van der Waals surface area contributed by atoms with Crippen molar-refractivity contribution in [3.63, 3.8) is 0 Å². The number of rotatable bonds is 6. The molecule has 0 spiro atoms. The number of nitrogen functional groups attached to an aromatic ring is 1. The zero-order valence-electron chi connectivity index (χ0n) is 10.1. The Bertz CT molecular complexity index is 505. The molecular formula is C11H17BrN2O3S.